The van der Waals surface area contributed by atoms with E-state index < -0.39 is 18.0 Å². The van der Waals surface area contributed by atoms with Crippen molar-refractivity contribution in [3.8, 4) is 11.9 Å². The van der Waals surface area contributed by atoms with Gasteiger partial charge in [0.15, 0.2) is 0 Å². The fraction of sp³-hybridized carbons (Fsp3) is 0.333. The summed E-state index contributed by atoms with van der Waals surface area (Å²) in [7, 11) is 0.927. The lowest BCUT2D eigenvalue weighted by Crippen LogP contribution is -2.37. The summed E-state index contributed by atoms with van der Waals surface area (Å²) in [6, 6.07) is -0.653. The van der Waals surface area contributed by atoms with Crippen LogP contribution in [-0.4, -0.2) is 55.4 Å². The van der Waals surface area contributed by atoms with Crippen LogP contribution in [0.15, 0.2) is 10.7 Å². The van der Waals surface area contributed by atoms with Crippen molar-refractivity contribution in [3.05, 3.63) is 10.7 Å². The molecule has 1 rings (SSSR count). The first-order valence-corrected chi connectivity index (χ1v) is 4.88. The summed E-state index contributed by atoms with van der Waals surface area (Å²) in [5.74, 6) is -2.84. The number of nitrogens with zero attached hydrogens (tertiary/aromatic N) is 2. The van der Waals surface area contributed by atoms with Crippen LogP contribution < -0.4 is 9.47 Å². The summed E-state index contributed by atoms with van der Waals surface area (Å²) in [6.07, 6.45) is -2.37. The molecule has 0 unspecified atom stereocenters. The average Bonchev–Trinajstić information content (AvgIpc) is 2.05. The van der Waals surface area contributed by atoms with Gasteiger partial charge in [0.1, 0.15) is 0 Å². The van der Waals surface area contributed by atoms with Crippen LogP contribution in [0.5, 0.6) is 11.9 Å². The predicted octanol–water partition coefficient (Wildman–Crippen LogP) is -3.19. The second-order valence-electron chi connectivity index (χ2n) is 3.02. The second kappa shape index (κ2) is 4.72. The van der Waals surface area contributed by atoms with Crippen molar-refractivity contribution in [1.29, 1.82) is 0 Å². The molecular weight excluding hydrogens is 303 g/mol. The Morgan fingerprint density at radius 3 is 2.24 bits per heavy atom. The molecule has 0 fully saturated rings. The first kappa shape index (κ1) is 14.1. The summed E-state index contributed by atoms with van der Waals surface area (Å²) in [5.41, 5.74) is 0. The lowest BCUT2D eigenvalue weighted by molar-refractivity contribution is -0.421. The maximum atomic E-state index is 8.98. The molecule has 0 radical (unpaired) electrons. The fourth-order valence-corrected chi connectivity index (χ4v) is 1.03. The largest absolute Gasteiger partial charge is 0.455 e. The number of hydrogen-bond donors (Lipinski definition) is 5. The lowest BCUT2D eigenvalue weighted by atomic mass is 10.1. The number of halogens is 1. The van der Waals surface area contributed by atoms with Crippen LogP contribution in [0.4, 0.5) is 0 Å². The lowest BCUT2D eigenvalue weighted by Gasteiger charge is -2.19. The van der Waals surface area contributed by atoms with Crippen molar-refractivity contribution in [2.45, 2.75) is 12.0 Å². The molecular formula is C6H8BBrN2O7. The van der Waals surface area contributed by atoms with Crippen LogP contribution in [0.2, 0.25) is 0 Å². The van der Waals surface area contributed by atoms with E-state index in [1.807, 2.05) is 0 Å². The SMILES string of the molecule is BC(O)(O)Oc1nc(OC(O)(O)O)ncc1Br. The van der Waals surface area contributed by atoms with Crippen LogP contribution >= 0.6 is 15.9 Å². The molecule has 1 aromatic heterocycles. The van der Waals surface area contributed by atoms with Gasteiger partial charge in [-0.3, -0.25) is 0 Å². The summed E-state index contributed by atoms with van der Waals surface area (Å²) >= 11 is 2.95. The quantitative estimate of drug-likeness (QED) is 0.287. The summed E-state index contributed by atoms with van der Waals surface area (Å²) in [4.78, 5) is 6.89. The number of aliphatic hydroxyl groups is 5. The number of rotatable bonds is 4. The Labute approximate surface area is 104 Å². The third-order valence-corrected chi connectivity index (χ3v) is 1.75. The molecule has 0 bridgehead atoms. The molecule has 0 aliphatic carbocycles. The van der Waals surface area contributed by atoms with Crippen molar-refractivity contribution in [1.82, 2.24) is 9.97 Å². The van der Waals surface area contributed by atoms with Crippen molar-refractivity contribution in [2.75, 3.05) is 0 Å². The highest BCUT2D eigenvalue weighted by Crippen LogP contribution is 2.25. The molecule has 17 heavy (non-hydrogen) atoms. The molecule has 0 aliphatic heterocycles. The minimum atomic E-state index is -3.45. The first-order chi connectivity index (χ1) is 7.57. The first-order valence-electron chi connectivity index (χ1n) is 4.09. The van der Waals surface area contributed by atoms with Gasteiger partial charge in [0.25, 0.3) is 5.87 Å². The molecule has 0 saturated carbocycles. The van der Waals surface area contributed by atoms with E-state index in [1.54, 1.807) is 0 Å². The fourth-order valence-electron chi connectivity index (χ4n) is 0.763. The number of aromatic nitrogens is 2. The average molecular weight is 311 g/mol. The molecule has 0 aliphatic rings. The Balaban J connectivity index is 2.95. The van der Waals surface area contributed by atoms with Gasteiger partial charge in [0, 0.05) is 0 Å². The van der Waals surface area contributed by atoms with Gasteiger partial charge in [0.2, 0.25) is 13.7 Å². The predicted molar refractivity (Wildman–Crippen MR) is 56.1 cm³/mol. The van der Waals surface area contributed by atoms with Crippen molar-refractivity contribution < 1.29 is 35.0 Å². The van der Waals surface area contributed by atoms with Crippen molar-refractivity contribution in [2.24, 2.45) is 0 Å². The Hall–Kier alpha value is -0.975. The summed E-state index contributed by atoms with van der Waals surface area (Å²) < 4.78 is 8.82. The standard InChI is InChI=1S/C6H8BBrN2O7/c7-5(11,12)16-3-2(8)1-9-4(10-3)17-6(13,14)15/h1,11-15H,7H2. The normalized spacial score (nSPS) is 12.4. The van der Waals surface area contributed by atoms with E-state index in [9.17, 15) is 0 Å². The maximum Gasteiger partial charge on any atom is 0.455 e. The highest BCUT2D eigenvalue weighted by molar-refractivity contribution is 9.10. The second-order valence-corrected chi connectivity index (χ2v) is 3.87. The molecule has 0 spiro atoms. The zero-order chi connectivity index (χ0) is 13.3. The third kappa shape index (κ3) is 5.25. The van der Waals surface area contributed by atoms with Gasteiger partial charge in [-0.1, -0.05) is 0 Å². The Bertz CT molecular complexity index is 404. The van der Waals surface area contributed by atoms with Gasteiger partial charge in [-0.2, -0.15) is 4.98 Å². The molecule has 0 amide bonds. The molecule has 1 aromatic rings. The molecule has 0 aromatic carbocycles. The van der Waals surface area contributed by atoms with Gasteiger partial charge in [-0.25, -0.2) is 4.98 Å². The smallest absolute Gasteiger partial charge is 0.429 e. The summed E-state index contributed by atoms with van der Waals surface area (Å²) in [5, 5.41) is 43.5. The van der Waals surface area contributed by atoms with Crippen LogP contribution in [0, 0.1) is 0 Å². The zero-order valence-electron chi connectivity index (χ0n) is 8.40. The van der Waals surface area contributed by atoms with E-state index in [-0.39, 0.29) is 10.4 Å². The van der Waals surface area contributed by atoms with E-state index in [2.05, 4.69) is 35.4 Å². The Morgan fingerprint density at radius 1 is 1.18 bits per heavy atom. The highest BCUT2D eigenvalue weighted by Gasteiger charge is 2.25. The number of hydrogen-bond acceptors (Lipinski definition) is 9. The molecule has 9 nitrogen and oxygen atoms in total. The summed E-state index contributed by atoms with van der Waals surface area (Å²) in [6.45, 7) is 0. The minimum absolute atomic E-state index is 0.151. The van der Waals surface area contributed by atoms with E-state index >= 15 is 0 Å². The van der Waals surface area contributed by atoms with Crippen LogP contribution in [0.25, 0.3) is 0 Å². The number of ether oxygens (including phenoxy) is 2. The Morgan fingerprint density at radius 2 is 1.76 bits per heavy atom. The molecule has 5 N–H and O–H groups in total. The molecule has 0 atom stereocenters. The third-order valence-electron chi connectivity index (χ3n) is 1.21. The molecule has 0 saturated heterocycles. The van der Waals surface area contributed by atoms with Crippen LogP contribution in [0.3, 0.4) is 0 Å². The van der Waals surface area contributed by atoms with Crippen LogP contribution in [0.1, 0.15) is 0 Å². The van der Waals surface area contributed by atoms with Gasteiger partial charge in [-0.05, 0) is 15.9 Å². The highest BCUT2D eigenvalue weighted by atomic mass is 79.9. The van der Waals surface area contributed by atoms with Gasteiger partial charge in [-0.15, -0.1) is 0 Å². The minimum Gasteiger partial charge on any atom is -0.429 e. The van der Waals surface area contributed by atoms with E-state index in [0.717, 1.165) is 14.0 Å². The van der Waals surface area contributed by atoms with Gasteiger partial charge < -0.3 is 35.0 Å². The van der Waals surface area contributed by atoms with E-state index in [1.165, 1.54) is 0 Å². The van der Waals surface area contributed by atoms with E-state index in [0.29, 0.717) is 0 Å². The molecule has 11 heteroatoms. The van der Waals surface area contributed by atoms with Gasteiger partial charge >= 0.3 is 12.2 Å². The van der Waals surface area contributed by atoms with Crippen molar-refractivity contribution in [3.63, 3.8) is 0 Å². The Kier molecular flexibility index (Phi) is 3.91. The van der Waals surface area contributed by atoms with Crippen molar-refractivity contribution >= 4 is 23.8 Å². The molecule has 1 heterocycles. The van der Waals surface area contributed by atoms with Gasteiger partial charge in [0.05, 0.1) is 10.7 Å². The maximum absolute atomic E-state index is 8.98. The molecule has 94 valence electrons. The zero-order valence-corrected chi connectivity index (χ0v) is 9.99. The van der Waals surface area contributed by atoms with E-state index in [4.69, 9.17) is 25.5 Å². The van der Waals surface area contributed by atoms with Crippen LogP contribution in [-0.2, 0) is 0 Å². The monoisotopic (exact) mass is 310 g/mol. The topological polar surface area (TPSA) is 145 Å².